The lowest BCUT2D eigenvalue weighted by molar-refractivity contribution is -0.116. The van der Waals surface area contributed by atoms with E-state index in [-0.39, 0.29) is 16.6 Å². The molecule has 1 aliphatic rings. The number of amides is 1. The van der Waals surface area contributed by atoms with Crippen LogP contribution in [-0.2, 0) is 21.9 Å². The van der Waals surface area contributed by atoms with Crippen molar-refractivity contribution in [3.63, 3.8) is 0 Å². The Balaban J connectivity index is 1.97. The van der Waals surface area contributed by atoms with Crippen LogP contribution in [0.15, 0.2) is 11.1 Å². The average molecular weight is 300 g/mol. The van der Waals surface area contributed by atoms with Crippen molar-refractivity contribution < 1.29 is 13.2 Å². The second kappa shape index (κ2) is 5.92. The highest BCUT2D eigenvalue weighted by molar-refractivity contribution is 7.89. The van der Waals surface area contributed by atoms with Crippen LogP contribution in [-0.4, -0.2) is 24.1 Å². The van der Waals surface area contributed by atoms with Crippen molar-refractivity contribution in [2.75, 3.05) is 5.32 Å². The molecular weight excluding hydrogens is 280 g/mol. The lowest BCUT2D eigenvalue weighted by Crippen LogP contribution is -2.18. The van der Waals surface area contributed by atoms with Gasteiger partial charge in [0.15, 0.2) is 5.82 Å². The zero-order chi connectivity index (χ0) is 14.8. The van der Waals surface area contributed by atoms with E-state index < -0.39 is 10.0 Å². The minimum absolute atomic E-state index is 0.00595. The molecule has 0 aromatic carbocycles. The Morgan fingerprint density at radius 3 is 2.75 bits per heavy atom. The number of nitrogens with zero attached hydrogens (tertiary/aromatic N) is 2. The first kappa shape index (κ1) is 15.0. The summed E-state index contributed by atoms with van der Waals surface area (Å²) in [4.78, 5) is 11.7. The molecule has 1 aromatic heterocycles. The number of hydrogen-bond acceptors (Lipinski definition) is 4. The van der Waals surface area contributed by atoms with Crippen molar-refractivity contribution in [2.45, 2.75) is 43.4 Å². The first-order valence-electron chi connectivity index (χ1n) is 6.72. The number of nitrogens with two attached hydrogens (primary N) is 1. The lowest BCUT2D eigenvalue weighted by atomic mass is 10.0. The summed E-state index contributed by atoms with van der Waals surface area (Å²) in [5, 5.41) is 11.5. The summed E-state index contributed by atoms with van der Waals surface area (Å²) in [6.07, 6.45) is 7.33. The maximum Gasteiger partial charge on any atom is 0.243 e. The Kier molecular flexibility index (Phi) is 4.44. The number of carbonyl (C=O) groups is 1. The molecule has 7 nitrogen and oxygen atoms in total. The summed E-state index contributed by atoms with van der Waals surface area (Å²) >= 11 is 0. The van der Waals surface area contributed by atoms with E-state index in [1.54, 1.807) is 7.05 Å². The van der Waals surface area contributed by atoms with E-state index in [0.29, 0.717) is 12.3 Å². The normalized spacial score (nSPS) is 16.5. The molecular formula is C12H20N4O3S. The van der Waals surface area contributed by atoms with E-state index in [4.69, 9.17) is 5.14 Å². The molecule has 1 amide bonds. The van der Waals surface area contributed by atoms with Crippen LogP contribution in [0.5, 0.6) is 0 Å². The second-order valence-electron chi connectivity index (χ2n) is 5.30. The minimum Gasteiger partial charge on any atom is -0.308 e. The first-order valence-corrected chi connectivity index (χ1v) is 8.27. The van der Waals surface area contributed by atoms with Gasteiger partial charge in [0.25, 0.3) is 0 Å². The quantitative estimate of drug-likeness (QED) is 0.845. The fourth-order valence-electron chi connectivity index (χ4n) is 2.59. The monoisotopic (exact) mass is 300 g/mol. The van der Waals surface area contributed by atoms with Gasteiger partial charge in [-0.05, 0) is 12.3 Å². The van der Waals surface area contributed by atoms with Crippen LogP contribution in [0.3, 0.4) is 0 Å². The van der Waals surface area contributed by atoms with Gasteiger partial charge >= 0.3 is 0 Å². The van der Waals surface area contributed by atoms with Gasteiger partial charge in [0.05, 0.1) is 0 Å². The summed E-state index contributed by atoms with van der Waals surface area (Å²) in [6, 6.07) is 0. The Morgan fingerprint density at radius 1 is 1.50 bits per heavy atom. The van der Waals surface area contributed by atoms with Crippen LogP contribution in [0, 0.1) is 5.92 Å². The minimum atomic E-state index is -3.89. The molecule has 0 bridgehead atoms. The van der Waals surface area contributed by atoms with Gasteiger partial charge < -0.3 is 5.32 Å². The first-order chi connectivity index (χ1) is 9.36. The van der Waals surface area contributed by atoms with Gasteiger partial charge in [0.1, 0.15) is 4.90 Å². The molecule has 1 fully saturated rings. The summed E-state index contributed by atoms with van der Waals surface area (Å²) in [6.45, 7) is 0. The number of aromatic nitrogens is 2. The van der Waals surface area contributed by atoms with Crippen LogP contribution < -0.4 is 10.5 Å². The largest absolute Gasteiger partial charge is 0.308 e. The maximum atomic E-state index is 11.9. The molecule has 8 heteroatoms. The zero-order valence-electron chi connectivity index (χ0n) is 11.5. The molecule has 0 unspecified atom stereocenters. The van der Waals surface area contributed by atoms with Gasteiger partial charge in [-0.1, -0.05) is 25.7 Å². The lowest BCUT2D eigenvalue weighted by Gasteiger charge is -2.08. The summed E-state index contributed by atoms with van der Waals surface area (Å²) in [5.74, 6) is 0.397. The second-order valence-corrected chi connectivity index (χ2v) is 6.83. The fraction of sp³-hybridized carbons (Fsp3) is 0.667. The molecule has 0 atom stereocenters. The average Bonchev–Trinajstić information content (AvgIpc) is 2.95. The third-order valence-corrected chi connectivity index (χ3v) is 4.53. The number of rotatable bonds is 5. The molecule has 2 rings (SSSR count). The van der Waals surface area contributed by atoms with Gasteiger partial charge in [-0.15, -0.1) is 0 Å². The molecule has 1 aliphatic carbocycles. The number of aryl methyl sites for hydroxylation is 1. The fourth-order valence-corrected chi connectivity index (χ4v) is 3.25. The van der Waals surface area contributed by atoms with Crippen LogP contribution in [0.2, 0.25) is 0 Å². The van der Waals surface area contributed by atoms with Crippen molar-refractivity contribution in [1.82, 2.24) is 9.78 Å². The zero-order valence-corrected chi connectivity index (χ0v) is 12.3. The molecule has 1 aromatic rings. The maximum absolute atomic E-state index is 11.9. The van der Waals surface area contributed by atoms with E-state index in [2.05, 4.69) is 10.4 Å². The highest BCUT2D eigenvalue weighted by Crippen LogP contribution is 2.28. The highest BCUT2D eigenvalue weighted by Gasteiger charge is 2.21. The van der Waals surface area contributed by atoms with Gasteiger partial charge in [-0.25, -0.2) is 13.6 Å². The predicted octanol–water partition coefficient (Wildman–Crippen LogP) is 0.976. The molecule has 3 N–H and O–H groups in total. The van der Waals surface area contributed by atoms with E-state index in [1.165, 1.54) is 36.6 Å². The molecule has 0 aliphatic heterocycles. The smallest absolute Gasteiger partial charge is 0.243 e. The molecule has 1 saturated carbocycles. The van der Waals surface area contributed by atoms with Gasteiger partial charge in [0.2, 0.25) is 15.9 Å². The number of hydrogen-bond donors (Lipinski definition) is 2. The van der Waals surface area contributed by atoms with Crippen molar-refractivity contribution >= 4 is 21.7 Å². The molecule has 0 radical (unpaired) electrons. The summed E-state index contributed by atoms with van der Waals surface area (Å²) < 4.78 is 24.1. The number of primary sulfonamides is 1. The number of anilines is 1. The Morgan fingerprint density at radius 2 is 2.15 bits per heavy atom. The van der Waals surface area contributed by atoms with Crippen LogP contribution >= 0.6 is 0 Å². The number of sulfonamides is 1. The van der Waals surface area contributed by atoms with E-state index in [9.17, 15) is 13.2 Å². The van der Waals surface area contributed by atoms with Crippen molar-refractivity contribution in [1.29, 1.82) is 0 Å². The van der Waals surface area contributed by atoms with E-state index >= 15 is 0 Å². The van der Waals surface area contributed by atoms with E-state index in [1.807, 2.05) is 0 Å². The van der Waals surface area contributed by atoms with Crippen LogP contribution in [0.1, 0.15) is 38.5 Å². The Labute approximate surface area is 118 Å². The third-order valence-electron chi connectivity index (χ3n) is 3.61. The number of nitrogens with one attached hydrogen (secondary N) is 1. The van der Waals surface area contributed by atoms with Crippen LogP contribution in [0.25, 0.3) is 0 Å². The third kappa shape index (κ3) is 3.80. The molecule has 1 heterocycles. The van der Waals surface area contributed by atoms with Crippen molar-refractivity contribution in [3.8, 4) is 0 Å². The SMILES string of the molecule is Cn1cc(S(N)(=O)=O)c(NC(=O)CCC2CCCC2)n1. The van der Waals surface area contributed by atoms with Crippen LogP contribution in [0.4, 0.5) is 5.82 Å². The van der Waals surface area contributed by atoms with Gasteiger partial charge in [-0.3, -0.25) is 9.48 Å². The highest BCUT2D eigenvalue weighted by atomic mass is 32.2. The molecule has 112 valence electrons. The molecule has 0 spiro atoms. The molecule has 20 heavy (non-hydrogen) atoms. The molecule has 0 saturated heterocycles. The Bertz CT molecular complexity index is 588. The van der Waals surface area contributed by atoms with Gasteiger partial charge in [-0.2, -0.15) is 5.10 Å². The van der Waals surface area contributed by atoms with E-state index in [0.717, 1.165) is 6.42 Å². The van der Waals surface area contributed by atoms with Crippen molar-refractivity contribution in [2.24, 2.45) is 18.1 Å². The topological polar surface area (TPSA) is 107 Å². The number of carbonyl (C=O) groups excluding carboxylic acids is 1. The Hall–Kier alpha value is -1.41. The standard InChI is InChI=1S/C12H20N4O3S/c1-16-8-10(20(13,18)19)12(15-16)14-11(17)7-6-9-4-2-3-5-9/h8-9H,2-7H2,1H3,(H2,13,18,19)(H,14,15,17). The summed E-state index contributed by atoms with van der Waals surface area (Å²) in [7, 11) is -2.31. The summed E-state index contributed by atoms with van der Waals surface area (Å²) in [5.41, 5.74) is 0. The van der Waals surface area contributed by atoms with Gasteiger partial charge in [0, 0.05) is 19.7 Å². The van der Waals surface area contributed by atoms with Crippen molar-refractivity contribution in [3.05, 3.63) is 6.20 Å². The predicted molar refractivity (Wildman–Crippen MR) is 74.4 cm³/mol.